The van der Waals surface area contributed by atoms with E-state index in [4.69, 9.17) is 4.74 Å². The second-order valence-corrected chi connectivity index (χ2v) is 6.71. The average Bonchev–Trinajstić information content (AvgIpc) is 3.05. The Morgan fingerprint density at radius 2 is 1.96 bits per heavy atom. The summed E-state index contributed by atoms with van der Waals surface area (Å²) in [6.45, 7) is 5.84. The summed E-state index contributed by atoms with van der Waals surface area (Å²) >= 11 is 0. The van der Waals surface area contributed by atoms with Crippen LogP contribution in [0.4, 0.5) is 0 Å². The lowest BCUT2D eigenvalue weighted by Crippen LogP contribution is -2.42. The summed E-state index contributed by atoms with van der Waals surface area (Å²) in [5, 5.41) is 2.96. The van der Waals surface area contributed by atoms with Gasteiger partial charge in [0.2, 0.25) is 0 Å². The zero-order valence-electron chi connectivity index (χ0n) is 15.1. The zero-order chi connectivity index (χ0) is 17.6. The van der Waals surface area contributed by atoms with Gasteiger partial charge in [0.15, 0.2) is 5.82 Å². The van der Waals surface area contributed by atoms with Gasteiger partial charge in [0.25, 0.3) is 11.8 Å². The van der Waals surface area contributed by atoms with Gasteiger partial charge < -0.3 is 19.5 Å². The SMILES string of the molecule is CCCCCNC(=O)c1nc(C(=O)N2CCOCC2)n2c1CCCC2. The lowest BCUT2D eigenvalue weighted by Gasteiger charge is -2.27. The van der Waals surface area contributed by atoms with E-state index < -0.39 is 0 Å². The molecular formula is C18H28N4O3. The average molecular weight is 348 g/mol. The van der Waals surface area contributed by atoms with Gasteiger partial charge in [0.1, 0.15) is 5.69 Å². The summed E-state index contributed by atoms with van der Waals surface area (Å²) in [5.74, 6) is 0.176. The molecule has 0 spiro atoms. The fraction of sp³-hybridized carbons (Fsp3) is 0.722. The van der Waals surface area contributed by atoms with E-state index in [-0.39, 0.29) is 11.8 Å². The van der Waals surface area contributed by atoms with Crippen LogP contribution in [-0.2, 0) is 17.7 Å². The first-order chi connectivity index (χ1) is 12.2. The second-order valence-electron chi connectivity index (χ2n) is 6.71. The van der Waals surface area contributed by atoms with E-state index in [1.807, 2.05) is 4.57 Å². The molecule has 2 aliphatic heterocycles. The van der Waals surface area contributed by atoms with Crippen LogP contribution in [-0.4, -0.2) is 59.1 Å². The maximum Gasteiger partial charge on any atom is 0.290 e. The number of imidazole rings is 1. The van der Waals surface area contributed by atoms with Crippen molar-refractivity contribution in [3.63, 3.8) is 0 Å². The predicted octanol–water partition coefficient (Wildman–Crippen LogP) is 1.61. The summed E-state index contributed by atoms with van der Waals surface area (Å²) in [4.78, 5) is 31.7. The molecule has 1 fully saturated rings. The van der Waals surface area contributed by atoms with E-state index in [1.54, 1.807) is 4.90 Å². The highest BCUT2D eigenvalue weighted by Gasteiger charge is 2.30. The van der Waals surface area contributed by atoms with Gasteiger partial charge in [-0.1, -0.05) is 19.8 Å². The predicted molar refractivity (Wildman–Crippen MR) is 93.7 cm³/mol. The fourth-order valence-corrected chi connectivity index (χ4v) is 3.46. The Hall–Kier alpha value is -1.89. The molecule has 7 heteroatoms. The van der Waals surface area contributed by atoms with Crippen molar-refractivity contribution in [3.8, 4) is 0 Å². The number of fused-ring (bicyclic) bond motifs is 1. The molecule has 2 amide bonds. The van der Waals surface area contributed by atoms with Crippen LogP contribution in [0, 0.1) is 0 Å². The minimum atomic E-state index is -0.150. The van der Waals surface area contributed by atoms with E-state index >= 15 is 0 Å². The quantitative estimate of drug-likeness (QED) is 0.793. The van der Waals surface area contributed by atoms with Gasteiger partial charge in [-0.05, 0) is 25.7 Å². The number of nitrogens with zero attached hydrogens (tertiary/aromatic N) is 3. The van der Waals surface area contributed by atoms with Crippen LogP contribution in [0.15, 0.2) is 0 Å². The maximum absolute atomic E-state index is 12.9. The van der Waals surface area contributed by atoms with Gasteiger partial charge in [-0.25, -0.2) is 4.98 Å². The van der Waals surface area contributed by atoms with Crippen molar-refractivity contribution in [2.75, 3.05) is 32.8 Å². The zero-order valence-corrected chi connectivity index (χ0v) is 15.1. The van der Waals surface area contributed by atoms with E-state index in [9.17, 15) is 9.59 Å². The molecule has 0 bridgehead atoms. The standard InChI is InChI=1S/C18H28N4O3/c1-2-3-5-8-19-17(23)15-14-7-4-6-9-22(14)16(20-15)18(24)21-10-12-25-13-11-21/h2-13H2,1H3,(H,19,23). The Balaban J connectivity index is 1.78. The topological polar surface area (TPSA) is 76.5 Å². The number of morpholine rings is 1. The molecule has 7 nitrogen and oxygen atoms in total. The van der Waals surface area contributed by atoms with Crippen molar-refractivity contribution in [2.45, 2.75) is 52.0 Å². The lowest BCUT2D eigenvalue weighted by molar-refractivity contribution is 0.0291. The maximum atomic E-state index is 12.9. The van der Waals surface area contributed by atoms with Crippen LogP contribution in [0.3, 0.4) is 0 Å². The van der Waals surface area contributed by atoms with Crippen LogP contribution in [0.2, 0.25) is 0 Å². The number of amides is 2. The third kappa shape index (κ3) is 4.03. The summed E-state index contributed by atoms with van der Waals surface area (Å²) in [6.07, 6.45) is 6.05. The van der Waals surface area contributed by atoms with Crippen molar-refractivity contribution in [2.24, 2.45) is 0 Å². The van der Waals surface area contributed by atoms with Gasteiger partial charge in [0.05, 0.1) is 18.9 Å². The first-order valence-electron chi connectivity index (χ1n) is 9.47. The smallest absolute Gasteiger partial charge is 0.290 e. The molecule has 2 aliphatic rings. The molecule has 0 saturated carbocycles. The number of carbonyl (C=O) groups is 2. The Morgan fingerprint density at radius 3 is 2.72 bits per heavy atom. The van der Waals surface area contributed by atoms with Gasteiger partial charge >= 0.3 is 0 Å². The first kappa shape index (κ1) is 17.9. The Bertz CT molecular complexity index is 620. The molecule has 1 N–H and O–H groups in total. The monoisotopic (exact) mass is 348 g/mol. The highest BCUT2D eigenvalue weighted by molar-refractivity contribution is 5.97. The highest BCUT2D eigenvalue weighted by atomic mass is 16.5. The van der Waals surface area contributed by atoms with Crippen molar-refractivity contribution >= 4 is 11.8 Å². The Morgan fingerprint density at radius 1 is 1.16 bits per heavy atom. The largest absolute Gasteiger partial charge is 0.378 e. The van der Waals surface area contributed by atoms with E-state index in [1.165, 1.54) is 0 Å². The molecule has 1 saturated heterocycles. The fourth-order valence-electron chi connectivity index (χ4n) is 3.46. The molecule has 0 unspecified atom stereocenters. The normalized spacial score (nSPS) is 17.2. The van der Waals surface area contributed by atoms with Crippen molar-refractivity contribution in [1.29, 1.82) is 0 Å². The number of rotatable bonds is 6. The summed E-state index contributed by atoms with van der Waals surface area (Å²) in [6, 6.07) is 0. The molecule has 1 aromatic heterocycles. The number of unbranched alkanes of at least 4 members (excludes halogenated alkanes) is 2. The van der Waals surface area contributed by atoms with Crippen LogP contribution < -0.4 is 5.32 Å². The van der Waals surface area contributed by atoms with Gasteiger partial charge in [0, 0.05) is 26.2 Å². The molecule has 0 aliphatic carbocycles. The van der Waals surface area contributed by atoms with Gasteiger partial charge in [-0.3, -0.25) is 9.59 Å². The van der Waals surface area contributed by atoms with Crippen molar-refractivity contribution in [1.82, 2.24) is 19.8 Å². The molecule has 0 atom stereocenters. The summed E-state index contributed by atoms with van der Waals surface area (Å²) in [7, 11) is 0. The van der Waals surface area contributed by atoms with E-state index in [0.29, 0.717) is 44.4 Å². The minimum Gasteiger partial charge on any atom is -0.378 e. The molecule has 0 radical (unpaired) electrons. The number of ether oxygens (including phenoxy) is 1. The third-order valence-corrected chi connectivity index (χ3v) is 4.89. The lowest BCUT2D eigenvalue weighted by atomic mass is 10.1. The Labute approximate surface area is 148 Å². The van der Waals surface area contributed by atoms with Crippen molar-refractivity contribution < 1.29 is 14.3 Å². The molecule has 3 rings (SSSR count). The van der Waals surface area contributed by atoms with E-state index in [2.05, 4.69) is 17.2 Å². The van der Waals surface area contributed by atoms with Crippen molar-refractivity contribution in [3.05, 3.63) is 17.2 Å². The van der Waals surface area contributed by atoms with Gasteiger partial charge in [-0.15, -0.1) is 0 Å². The molecule has 25 heavy (non-hydrogen) atoms. The molecule has 138 valence electrons. The molecule has 0 aromatic carbocycles. The van der Waals surface area contributed by atoms with Crippen LogP contribution >= 0.6 is 0 Å². The molecule has 1 aromatic rings. The first-order valence-corrected chi connectivity index (χ1v) is 9.47. The number of carbonyl (C=O) groups excluding carboxylic acids is 2. The third-order valence-electron chi connectivity index (χ3n) is 4.89. The number of hydrogen-bond donors (Lipinski definition) is 1. The number of aromatic nitrogens is 2. The Kier molecular flexibility index (Phi) is 6.07. The molecule has 3 heterocycles. The van der Waals surface area contributed by atoms with E-state index in [0.717, 1.165) is 50.8 Å². The summed E-state index contributed by atoms with van der Waals surface area (Å²) < 4.78 is 7.28. The molecular weight excluding hydrogens is 320 g/mol. The summed E-state index contributed by atoms with van der Waals surface area (Å²) in [5.41, 5.74) is 1.35. The van der Waals surface area contributed by atoms with Gasteiger partial charge in [-0.2, -0.15) is 0 Å². The number of nitrogens with one attached hydrogen (secondary N) is 1. The minimum absolute atomic E-state index is 0.0866. The van der Waals surface area contributed by atoms with Crippen LogP contribution in [0.1, 0.15) is 65.8 Å². The number of hydrogen-bond acceptors (Lipinski definition) is 4. The van der Waals surface area contributed by atoms with Crippen LogP contribution in [0.25, 0.3) is 0 Å². The highest BCUT2D eigenvalue weighted by Crippen LogP contribution is 2.22. The van der Waals surface area contributed by atoms with Crippen LogP contribution in [0.5, 0.6) is 0 Å². The second kappa shape index (κ2) is 8.47.